The van der Waals surface area contributed by atoms with Crippen LogP contribution >= 0.6 is 0 Å². The van der Waals surface area contributed by atoms with Crippen LogP contribution in [-0.2, 0) is 11.2 Å². The highest BCUT2D eigenvalue weighted by molar-refractivity contribution is 5.75. The lowest BCUT2D eigenvalue weighted by atomic mass is 10.1. The number of amides is 2. The second-order valence-electron chi connectivity index (χ2n) is 3.21. The van der Waals surface area contributed by atoms with Crippen LogP contribution in [0.3, 0.4) is 0 Å². The van der Waals surface area contributed by atoms with Gasteiger partial charge >= 0.3 is 12.0 Å². The summed E-state index contributed by atoms with van der Waals surface area (Å²) in [6.45, 7) is 0. The molecule has 0 aliphatic carbocycles. The quantitative estimate of drug-likeness (QED) is 0.521. The van der Waals surface area contributed by atoms with Crippen molar-refractivity contribution >= 4 is 12.0 Å². The predicted molar refractivity (Wildman–Crippen MR) is 57.4 cm³/mol. The van der Waals surface area contributed by atoms with E-state index in [2.05, 4.69) is 10.9 Å². The van der Waals surface area contributed by atoms with Gasteiger partial charge in [0.15, 0.2) is 0 Å². The molecule has 0 bridgehead atoms. The Bertz CT molecular complexity index is 367. The summed E-state index contributed by atoms with van der Waals surface area (Å²) in [4.78, 5) is 21.3. The zero-order valence-electron chi connectivity index (χ0n) is 8.51. The molecule has 2 amide bonds. The minimum absolute atomic E-state index is 0.260. The standard InChI is InChI=1S/C10H13N3O3/c11-10(16)13-12-8(9(14)15)6-7-4-2-1-3-5-7/h1-5,8,12H,6H2,(H,14,15)(H3,11,13,16)/t8-/m0/s1. The van der Waals surface area contributed by atoms with Gasteiger partial charge < -0.3 is 10.8 Å². The van der Waals surface area contributed by atoms with Gasteiger partial charge in [-0.05, 0) is 5.56 Å². The lowest BCUT2D eigenvalue weighted by Gasteiger charge is -2.14. The summed E-state index contributed by atoms with van der Waals surface area (Å²) >= 11 is 0. The summed E-state index contributed by atoms with van der Waals surface area (Å²) in [5.74, 6) is -1.06. The molecule has 1 atom stereocenters. The molecule has 0 fully saturated rings. The number of hydrazine groups is 1. The van der Waals surface area contributed by atoms with Crippen LogP contribution in [0.2, 0.25) is 0 Å². The average molecular weight is 223 g/mol. The Balaban J connectivity index is 2.58. The molecule has 5 N–H and O–H groups in total. The number of primary amides is 1. The van der Waals surface area contributed by atoms with Gasteiger partial charge in [0.2, 0.25) is 0 Å². The highest BCUT2D eigenvalue weighted by Crippen LogP contribution is 2.02. The van der Waals surface area contributed by atoms with Crippen molar-refractivity contribution in [2.75, 3.05) is 0 Å². The molecule has 0 aliphatic heterocycles. The smallest absolute Gasteiger partial charge is 0.326 e. The molecule has 0 saturated carbocycles. The molecule has 0 unspecified atom stereocenters. The molecule has 0 radical (unpaired) electrons. The maximum absolute atomic E-state index is 10.9. The van der Waals surface area contributed by atoms with E-state index in [1.165, 1.54) is 0 Å². The monoisotopic (exact) mass is 223 g/mol. The number of carbonyl (C=O) groups is 2. The van der Waals surface area contributed by atoms with Crippen molar-refractivity contribution in [2.45, 2.75) is 12.5 Å². The van der Waals surface area contributed by atoms with Gasteiger partial charge in [-0.15, -0.1) is 0 Å². The largest absolute Gasteiger partial charge is 0.480 e. The molecule has 0 aliphatic rings. The molecule has 1 aromatic carbocycles. The van der Waals surface area contributed by atoms with E-state index in [4.69, 9.17) is 10.8 Å². The minimum atomic E-state index is -1.06. The number of aliphatic carboxylic acids is 1. The van der Waals surface area contributed by atoms with Crippen LogP contribution in [0.25, 0.3) is 0 Å². The normalized spacial score (nSPS) is 11.8. The van der Waals surface area contributed by atoms with Crippen molar-refractivity contribution < 1.29 is 14.7 Å². The van der Waals surface area contributed by atoms with E-state index in [0.717, 1.165) is 5.56 Å². The van der Waals surface area contributed by atoms with E-state index in [0.29, 0.717) is 0 Å². The van der Waals surface area contributed by atoms with Crippen LogP contribution in [0.4, 0.5) is 4.79 Å². The first kappa shape index (κ1) is 12.0. The van der Waals surface area contributed by atoms with E-state index < -0.39 is 18.0 Å². The molecule has 6 heteroatoms. The van der Waals surface area contributed by atoms with Crippen molar-refractivity contribution in [3.63, 3.8) is 0 Å². The van der Waals surface area contributed by atoms with Crippen molar-refractivity contribution in [3.8, 4) is 0 Å². The van der Waals surface area contributed by atoms with E-state index in [1.807, 2.05) is 30.3 Å². The SMILES string of the molecule is NC(=O)NN[C@@H](Cc1ccccc1)C(=O)O. The first-order chi connectivity index (χ1) is 7.59. The minimum Gasteiger partial charge on any atom is -0.480 e. The number of urea groups is 1. The maximum Gasteiger partial charge on any atom is 0.326 e. The zero-order chi connectivity index (χ0) is 12.0. The topological polar surface area (TPSA) is 104 Å². The number of hydrogen-bond acceptors (Lipinski definition) is 3. The Morgan fingerprint density at radius 2 is 1.94 bits per heavy atom. The fourth-order valence-electron chi connectivity index (χ4n) is 1.21. The number of nitrogens with one attached hydrogen (secondary N) is 2. The van der Waals surface area contributed by atoms with Crippen molar-refractivity contribution in [2.24, 2.45) is 5.73 Å². The second kappa shape index (κ2) is 5.72. The predicted octanol–water partition coefficient (Wildman–Crippen LogP) is -0.145. The van der Waals surface area contributed by atoms with Crippen LogP contribution in [0.5, 0.6) is 0 Å². The number of nitrogens with two attached hydrogens (primary N) is 1. The van der Waals surface area contributed by atoms with Gasteiger partial charge in [0.05, 0.1) is 0 Å². The zero-order valence-corrected chi connectivity index (χ0v) is 8.51. The summed E-state index contributed by atoms with van der Waals surface area (Å²) < 4.78 is 0. The Hall–Kier alpha value is -2.08. The van der Waals surface area contributed by atoms with E-state index in [-0.39, 0.29) is 6.42 Å². The van der Waals surface area contributed by atoms with Crippen LogP contribution in [0, 0.1) is 0 Å². The Morgan fingerprint density at radius 1 is 1.31 bits per heavy atom. The first-order valence-corrected chi connectivity index (χ1v) is 4.67. The van der Waals surface area contributed by atoms with Crippen LogP contribution in [-0.4, -0.2) is 23.1 Å². The molecule has 86 valence electrons. The van der Waals surface area contributed by atoms with E-state index >= 15 is 0 Å². The lowest BCUT2D eigenvalue weighted by molar-refractivity contribution is -0.139. The molecule has 0 spiro atoms. The van der Waals surface area contributed by atoms with Gasteiger partial charge in [-0.2, -0.15) is 0 Å². The van der Waals surface area contributed by atoms with E-state index in [9.17, 15) is 9.59 Å². The molecule has 1 rings (SSSR count). The Kier molecular flexibility index (Phi) is 4.28. The fourth-order valence-corrected chi connectivity index (χ4v) is 1.21. The molecule has 0 aromatic heterocycles. The lowest BCUT2D eigenvalue weighted by Crippen LogP contribution is -2.50. The van der Waals surface area contributed by atoms with Crippen LogP contribution in [0.1, 0.15) is 5.56 Å². The molecular weight excluding hydrogens is 210 g/mol. The van der Waals surface area contributed by atoms with Crippen molar-refractivity contribution in [1.29, 1.82) is 0 Å². The second-order valence-corrected chi connectivity index (χ2v) is 3.21. The molecule has 6 nitrogen and oxygen atoms in total. The summed E-state index contributed by atoms with van der Waals surface area (Å²) in [7, 11) is 0. The number of hydrogen-bond donors (Lipinski definition) is 4. The number of rotatable bonds is 5. The highest BCUT2D eigenvalue weighted by Gasteiger charge is 2.17. The van der Waals surface area contributed by atoms with Gasteiger partial charge in [-0.3, -0.25) is 10.2 Å². The summed E-state index contributed by atoms with van der Waals surface area (Å²) in [6.07, 6.45) is 0.260. The number of carbonyl (C=O) groups excluding carboxylic acids is 1. The van der Waals surface area contributed by atoms with Crippen molar-refractivity contribution in [3.05, 3.63) is 35.9 Å². The van der Waals surface area contributed by atoms with Gasteiger partial charge in [0, 0.05) is 6.42 Å². The molecular formula is C10H13N3O3. The summed E-state index contributed by atoms with van der Waals surface area (Å²) in [6, 6.07) is 7.36. The molecule has 0 saturated heterocycles. The maximum atomic E-state index is 10.9. The molecule has 16 heavy (non-hydrogen) atoms. The summed E-state index contributed by atoms with van der Waals surface area (Å²) in [5.41, 5.74) is 10.1. The van der Waals surface area contributed by atoms with Gasteiger partial charge in [0.1, 0.15) is 6.04 Å². The Labute approximate surface area is 92.4 Å². The third-order valence-electron chi connectivity index (χ3n) is 1.95. The Morgan fingerprint density at radius 3 is 2.44 bits per heavy atom. The number of carboxylic acids is 1. The highest BCUT2D eigenvalue weighted by atomic mass is 16.4. The van der Waals surface area contributed by atoms with E-state index in [1.54, 1.807) is 0 Å². The number of benzene rings is 1. The van der Waals surface area contributed by atoms with Gasteiger partial charge in [-0.1, -0.05) is 30.3 Å². The van der Waals surface area contributed by atoms with Gasteiger partial charge in [0.25, 0.3) is 0 Å². The molecule has 1 aromatic rings. The molecule has 0 heterocycles. The third kappa shape index (κ3) is 3.97. The van der Waals surface area contributed by atoms with Crippen molar-refractivity contribution in [1.82, 2.24) is 10.9 Å². The van der Waals surface area contributed by atoms with Crippen LogP contribution in [0.15, 0.2) is 30.3 Å². The fraction of sp³-hybridized carbons (Fsp3) is 0.200. The first-order valence-electron chi connectivity index (χ1n) is 4.67. The summed E-state index contributed by atoms with van der Waals surface area (Å²) in [5, 5.41) is 8.89. The third-order valence-corrected chi connectivity index (χ3v) is 1.95. The van der Waals surface area contributed by atoms with Crippen LogP contribution < -0.4 is 16.6 Å². The van der Waals surface area contributed by atoms with Gasteiger partial charge in [-0.25, -0.2) is 10.2 Å². The number of carboxylic acid groups (broad SMARTS) is 1. The average Bonchev–Trinajstić information content (AvgIpc) is 2.25.